The van der Waals surface area contributed by atoms with Crippen LogP contribution in [-0.2, 0) is 24.3 Å². The van der Waals surface area contributed by atoms with Crippen LogP contribution in [0.25, 0.3) is 0 Å². The van der Waals surface area contributed by atoms with Crippen LogP contribution in [0.4, 0.5) is 0 Å². The fraction of sp³-hybridized carbons (Fsp3) is 0.565. The number of fused-ring (bicyclic) bond motifs is 3. The third kappa shape index (κ3) is 3.06. The third-order valence-corrected chi connectivity index (χ3v) is 6.99. The average Bonchev–Trinajstić information content (AvgIpc) is 3.15. The molecule has 3 aliphatic rings. The third-order valence-electron chi connectivity index (χ3n) is 6.99. The van der Waals surface area contributed by atoms with Crippen molar-refractivity contribution in [1.82, 2.24) is 19.4 Å². The van der Waals surface area contributed by atoms with E-state index in [1.165, 1.54) is 29.8 Å². The number of amides is 1. The number of aromatic nitrogens is 2. The van der Waals surface area contributed by atoms with Crippen LogP contribution < -0.4 is 0 Å². The minimum Gasteiger partial charge on any atom is -0.337 e. The Kier molecular flexibility index (Phi) is 4.50. The Hall–Kier alpha value is -2.14. The molecule has 148 valence electrons. The quantitative estimate of drug-likeness (QED) is 0.821. The van der Waals surface area contributed by atoms with E-state index in [2.05, 4.69) is 51.6 Å². The lowest BCUT2D eigenvalue weighted by Gasteiger charge is -2.40. The number of nitrogens with zero attached hydrogens (tertiary/aromatic N) is 4. The molecule has 28 heavy (non-hydrogen) atoms. The summed E-state index contributed by atoms with van der Waals surface area (Å²) in [6.07, 6.45) is 5.59. The van der Waals surface area contributed by atoms with Crippen LogP contribution in [-0.4, -0.2) is 43.9 Å². The van der Waals surface area contributed by atoms with Crippen LogP contribution in [0.15, 0.2) is 30.3 Å². The van der Waals surface area contributed by atoms with Crippen molar-refractivity contribution in [3.05, 3.63) is 53.1 Å². The van der Waals surface area contributed by atoms with Gasteiger partial charge in [0.1, 0.15) is 5.82 Å². The molecule has 0 saturated carbocycles. The number of aryl methyl sites for hydroxylation is 1. The number of hydrogen-bond donors (Lipinski definition) is 0. The Morgan fingerprint density at radius 3 is 2.50 bits per heavy atom. The van der Waals surface area contributed by atoms with Crippen LogP contribution in [0.1, 0.15) is 61.4 Å². The molecule has 4 heterocycles. The van der Waals surface area contributed by atoms with Crippen LogP contribution in [0.3, 0.4) is 0 Å². The molecule has 3 aliphatic heterocycles. The molecule has 0 radical (unpaired) electrons. The second kappa shape index (κ2) is 7.03. The van der Waals surface area contributed by atoms with E-state index in [0.29, 0.717) is 18.1 Å². The predicted molar refractivity (Wildman–Crippen MR) is 109 cm³/mol. The summed E-state index contributed by atoms with van der Waals surface area (Å²) < 4.78 is 2.54. The summed E-state index contributed by atoms with van der Waals surface area (Å²) in [4.78, 5) is 21.7. The highest BCUT2D eigenvalue weighted by atomic mass is 16.2. The number of hydrogen-bond acceptors (Lipinski definition) is 3. The summed E-state index contributed by atoms with van der Waals surface area (Å²) in [6.45, 7) is 6.92. The monoisotopic (exact) mass is 378 g/mol. The van der Waals surface area contributed by atoms with Crippen LogP contribution in [0, 0.1) is 6.92 Å². The second-order valence-corrected chi connectivity index (χ2v) is 8.81. The Balaban J connectivity index is 1.34. The highest BCUT2D eigenvalue weighted by Crippen LogP contribution is 2.42. The lowest BCUT2D eigenvalue weighted by atomic mass is 9.96. The first kappa shape index (κ1) is 17.9. The van der Waals surface area contributed by atoms with Crippen molar-refractivity contribution < 1.29 is 4.79 Å². The molecule has 1 amide bonds. The van der Waals surface area contributed by atoms with E-state index < -0.39 is 0 Å². The molecule has 5 heteroatoms. The van der Waals surface area contributed by atoms with Crippen molar-refractivity contribution in [2.24, 2.45) is 0 Å². The molecule has 2 unspecified atom stereocenters. The summed E-state index contributed by atoms with van der Waals surface area (Å²) in [5.41, 5.74) is 4.08. The first-order chi connectivity index (χ1) is 13.6. The molecule has 0 N–H and O–H groups in total. The number of piperidine rings is 1. The fourth-order valence-electron chi connectivity index (χ4n) is 5.93. The smallest absolute Gasteiger partial charge is 0.219 e. The summed E-state index contributed by atoms with van der Waals surface area (Å²) >= 11 is 0. The van der Waals surface area contributed by atoms with Gasteiger partial charge in [-0.15, -0.1) is 0 Å². The van der Waals surface area contributed by atoms with Crippen LogP contribution in [0.5, 0.6) is 0 Å². The topological polar surface area (TPSA) is 41.4 Å². The predicted octanol–water partition coefficient (Wildman–Crippen LogP) is 3.46. The van der Waals surface area contributed by atoms with E-state index >= 15 is 0 Å². The minimum atomic E-state index is 0.256. The van der Waals surface area contributed by atoms with Crippen molar-refractivity contribution in [2.75, 3.05) is 6.54 Å². The van der Waals surface area contributed by atoms with Gasteiger partial charge in [0.15, 0.2) is 0 Å². The highest BCUT2D eigenvalue weighted by molar-refractivity contribution is 5.74. The molecule has 1 aromatic heterocycles. The molecule has 2 saturated heterocycles. The van der Waals surface area contributed by atoms with Gasteiger partial charge in [-0.1, -0.05) is 30.3 Å². The zero-order valence-corrected chi connectivity index (χ0v) is 17.0. The lowest BCUT2D eigenvalue weighted by Crippen LogP contribution is -2.46. The number of carbonyl (C=O) groups is 1. The summed E-state index contributed by atoms with van der Waals surface area (Å²) in [5, 5.41) is 0. The molecule has 2 aromatic rings. The molecule has 2 atom stereocenters. The maximum Gasteiger partial charge on any atom is 0.219 e. The molecular formula is C23H30N4O. The van der Waals surface area contributed by atoms with E-state index in [9.17, 15) is 4.79 Å². The Morgan fingerprint density at radius 1 is 1.11 bits per heavy atom. The van der Waals surface area contributed by atoms with Gasteiger partial charge in [0.25, 0.3) is 0 Å². The Morgan fingerprint density at radius 2 is 1.82 bits per heavy atom. The van der Waals surface area contributed by atoms with Crippen molar-refractivity contribution in [3.63, 3.8) is 0 Å². The van der Waals surface area contributed by atoms with Gasteiger partial charge in [-0.05, 0) is 38.2 Å². The van der Waals surface area contributed by atoms with Crippen molar-refractivity contribution in [2.45, 2.75) is 77.2 Å². The first-order valence-corrected chi connectivity index (χ1v) is 10.7. The fourth-order valence-corrected chi connectivity index (χ4v) is 5.93. The minimum absolute atomic E-state index is 0.256. The van der Waals surface area contributed by atoms with Crippen LogP contribution >= 0.6 is 0 Å². The van der Waals surface area contributed by atoms with E-state index in [-0.39, 0.29) is 5.91 Å². The normalized spacial score (nSPS) is 27.1. The van der Waals surface area contributed by atoms with Gasteiger partial charge in [0.05, 0.1) is 5.69 Å². The summed E-state index contributed by atoms with van der Waals surface area (Å²) in [5.74, 6) is 1.42. The van der Waals surface area contributed by atoms with Crippen LogP contribution in [0.2, 0.25) is 0 Å². The van der Waals surface area contributed by atoms with E-state index in [4.69, 9.17) is 4.98 Å². The van der Waals surface area contributed by atoms with Gasteiger partial charge in [-0.2, -0.15) is 0 Å². The molecule has 1 aromatic carbocycles. The average molecular weight is 379 g/mol. The zero-order valence-electron chi connectivity index (χ0n) is 17.0. The van der Waals surface area contributed by atoms with Gasteiger partial charge in [0.2, 0.25) is 5.91 Å². The number of rotatable bonds is 3. The van der Waals surface area contributed by atoms with Gasteiger partial charge >= 0.3 is 0 Å². The summed E-state index contributed by atoms with van der Waals surface area (Å²) in [6, 6.07) is 12.1. The van der Waals surface area contributed by atoms with E-state index in [0.717, 1.165) is 44.7 Å². The summed E-state index contributed by atoms with van der Waals surface area (Å²) in [7, 11) is 0. The molecular weight excluding hydrogens is 348 g/mol. The molecule has 0 spiro atoms. The number of imidazole rings is 1. The molecule has 0 aliphatic carbocycles. The highest BCUT2D eigenvalue weighted by Gasteiger charge is 2.43. The maximum absolute atomic E-state index is 12.0. The van der Waals surface area contributed by atoms with Crippen molar-refractivity contribution in [1.29, 1.82) is 0 Å². The Labute approximate surface area is 167 Å². The zero-order chi connectivity index (χ0) is 19.3. The van der Waals surface area contributed by atoms with Crippen molar-refractivity contribution >= 4 is 5.91 Å². The molecule has 5 rings (SSSR count). The van der Waals surface area contributed by atoms with Crippen molar-refractivity contribution in [3.8, 4) is 0 Å². The van der Waals surface area contributed by atoms with Gasteiger partial charge < -0.3 is 9.47 Å². The lowest BCUT2D eigenvalue weighted by molar-refractivity contribution is -0.133. The first-order valence-electron chi connectivity index (χ1n) is 10.7. The van der Waals surface area contributed by atoms with E-state index in [1.54, 1.807) is 6.92 Å². The SMILES string of the molecule is CC(=O)N1C2CCC1CC(n1c(C)nc3c1CCN(Cc1ccccc1)C3)C2. The number of carbonyl (C=O) groups excluding carboxylic acids is 1. The molecule has 5 nitrogen and oxygen atoms in total. The molecule has 2 fully saturated rings. The molecule has 2 bridgehead atoms. The van der Waals surface area contributed by atoms with Gasteiger partial charge in [-0.3, -0.25) is 9.69 Å². The standard InChI is InChI=1S/C23H30N4O/c1-16-24-22-15-25(14-18-6-4-3-5-7-18)11-10-23(22)26(16)21-12-19-8-9-20(13-21)27(19)17(2)28/h3-7,19-21H,8-15H2,1-2H3. The Bertz CT molecular complexity index is 860. The maximum atomic E-state index is 12.0. The number of benzene rings is 1. The second-order valence-electron chi connectivity index (χ2n) is 8.81. The van der Waals surface area contributed by atoms with Gasteiger partial charge in [-0.25, -0.2) is 4.98 Å². The van der Waals surface area contributed by atoms with E-state index in [1.807, 2.05) is 0 Å². The van der Waals surface area contributed by atoms with Gasteiger partial charge in [0, 0.05) is 56.8 Å². The largest absolute Gasteiger partial charge is 0.337 e.